The normalized spacial score (nSPS) is 19.9. The maximum Gasteiger partial charge on any atom is 0.408 e. The molecule has 0 saturated carbocycles. The first-order valence-electron chi connectivity index (χ1n) is 8.57. The van der Waals surface area contributed by atoms with Crippen molar-refractivity contribution < 1.29 is 18.0 Å². The molecule has 1 saturated heterocycles. The third-order valence-electron chi connectivity index (χ3n) is 4.69. The van der Waals surface area contributed by atoms with E-state index in [1.165, 1.54) is 23.5 Å². The molecular formula is C17H18F3N7O. The van der Waals surface area contributed by atoms with Crippen LogP contribution in [0.15, 0.2) is 24.7 Å². The molecule has 0 spiro atoms. The standard InChI is InChI=1S/C17H18F3N7O/c1-11(2)16(9-21)4-6-27(14(16)28)13-3-5-22-15(25-13)24-12-7-23-26(8-12)10-17(18,19)20/h3,5,7-8,11H,4,6,10H2,1-2H3,(H,22,24,25)/t16-/m1/s1. The molecule has 0 radical (unpaired) electrons. The van der Waals surface area contributed by atoms with E-state index < -0.39 is 18.1 Å². The van der Waals surface area contributed by atoms with E-state index in [0.717, 1.165) is 4.68 Å². The van der Waals surface area contributed by atoms with Crippen molar-refractivity contribution in [3.05, 3.63) is 24.7 Å². The van der Waals surface area contributed by atoms with E-state index in [0.29, 0.717) is 18.8 Å². The van der Waals surface area contributed by atoms with Crippen LogP contribution in [0, 0.1) is 22.7 Å². The largest absolute Gasteiger partial charge is 0.408 e. The van der Waals surface area contributed by atoms with Crippen LogP contribution in [0.4, 0.5) is 30.6 Å². The first-order valence-corrected chi connectivity index (χ1v) is 8.57. The fourth-order valence-electron chi connectivity index (χ4n) is 3.11. The first-order chi connectivity index (χ1) is 13.1. The third-order valence-corrected chi connectivity index (χ3v) is 4.69. The van der Waals surface area contributed by atoms with Crippen molar-refractivity contribution in [2.75, 3.05) is 16.8 Å². The molecular weight excluding hydrogens is 375 g/mol. The maximum absolute atomic E-state index is 12.8. The van der Waals surface area contributed by atoms with Gasteiger partial charge in [0.25, 0.3) is 0 Å². The Kier molecular flexibility index (Phi) is 4.97. The average molecular weight is 393 g/mol. The summed E-state index contributed by atoms with van der Waals surface area (Å²) in [5.74, 6) is -0.0274. The van der Waals surface area contributed by atoms with Crippen molar-refractivity contribution in [1.29, 1.82) is 5.26 Å². The summed E-state index contributed by atoms with van der Waals surface area (Å²) in [5.41, 5.74) is -0.806. The van der Waals surface area contributed by atoms with Crippen LogP contribution in [0.5, 0.6) is 0 Å². The van der Waals surface area contributed by atoms with Gasteiger partial charge in [-0.15, -0.1) is 0 Å². The van der Waals surface area contributed by atoms with Crippen LogP contribution in [0.25, 0.3) is 0 Å². The Morgan fingerprint density at radius 3 is 2.79 bits per heavy atom. The molecule has 0 aromatic carbocycles. The number of aromatic nitrogens is 4. The lowest BCUT2D eigenvalue weighted by Gasteiger charge is -2.24. The number of hydrogen-bond donors (Lipinski definition) is 1. The number of anilines is 3. The highest BCUT2D eigenvalue weighted by Gasteiger charge is 2.50. The van der Waals surface area contributed by atoms with Crippen LogP contribution >= 0.6 is 0 Å². The summed E-state index contributed by atoms with van der Waals surface area (Å²) in [4.78, 5) is 22.5. The summed E-state index contributed by atoms with van der Waals surface area (Å²) in [6.45, 7) is 2.81. The molecule has 148 valence electrons. The Bertz CT molecular complexity index is 918. The second-order valence-electron chi connectivity index (χ2n) is 6.85. The summed E-state index contributed by atoms with van der Waals surface area (Å²) < 4.78 is 38.0. The average Bonchev–Trinajstić information content (AvgIpc) is 3.18. The summed E-state index contributed by atoms with van der Waals surface area (Å²) in [6, 6.07) is 3.69. The second kappa shape index (κ2) is 7.10. The van der Waals surface area contributed by atoms with E-state index in [1.807, 2.05) is 13.8 Å². The third kappa shape index (κ3) is 3.76. The number of carbonyl (C=O) groups is 1. The number of nitrogens with one attached hydrogen (secondary N) is 1. The van der Waals surface area contributed by atoms with Gasteiger partial charge in [0.15, 0.2) is 0 Å². The van der Waals surface area contributed by atoms with E-state index in [4.69, 9.17) is 0 Å². The van der Waals surface area contributed by atoms with E-state index in [-0.39, 0.29) is 23.5 Å². The van der Waals surface area contributed by atoms with Gasteiger partial charge in [-0.1, -0.05) is 13.8 Å². The van der Waals surface area contributed by atoms with Gasteiger partial charge in [0.2, 0.25) is 11.9 Å². The molecule has 1 atom stereocenters. The predicted molar refractivity (Wildman–Crippen MR) is 93.5 cm³/mol. The fourth-order valence-corrected chi connectivity index (χ4v) is 3.11. The van der Waals surface area contributed by atoms with E-state index in [9.17, 15) is 23.2 Å². The van der Waals surface area contributed by atoms with Crippen LogP contribution in [0.1, 0.15) is 20.3 Å². The Morgan fingerprint density at radius 1 is 1.43 bits per heavy atom. The quantitative estimate of drug-likeness (QED) is 0.839. The Balaban J connectivity index is 1.77. The van der Waals surface area contributed by atoms with Crippen molar-refractivity contribution in [1.82, 2.24) is 19.7 Å². The van der Waals surface area contributed by atoms with Crippen LogP contribution < -0.4 is 10.2 Å². The van der Waals surface area contributed by atoms with Gasteiger partial charge in [-0.3, -0.25) is 14.4 Å². The summed E-state index contributed by atoms with van der Waals surface area (Å²) >= 11 is 0. The number of alkyl halides is 3. The lowest BCUT2D eigenvalue weighted by molar-refractivity contribution is -0.142. The first kappa shape index (κ1) is 19.6. The van der Waals surface area contributed by atoms with Crippen molar-refractivity contribution in [3.63, 3.8) is 0 Å². The zero-order valence-corrected chi connectivity index (χ0v) is 15.2. The highest BCUT2D eigenvalue weighted by Crippen LogP contribution is 2.40. The summed E-state index contributed by atoms with van der Waals surface area (Å²) in [6.07, 6.45) is -0.136. The Labute approximate surface area is 159 Å². The van der Waals surface area contributed by atoms with Gasteiger partial charge in [0, 0.05) is 18.9 Å². The van der Waals surface area contributed by atoms with Gasteiger partial charge in [-0.2, -0.15) is 28.5 Å². The monoisotopic (exact) mass is 393 g/mol. The van der Waals surface area contributed by atoms with Gasteiger partial charge in [0.1, 0.15) is 17.8 Å². The predicted octanol–water partition coefficient (Wildman–Crippen LogP) is 2.88. The molecule has 3 rings (SSSR count). The minimum absolute atomic E-state index is 0.107. The van der Waals surface area contributed by atoms with Crippen LogP contribution in [0.2, 0.25) is 0 Å². The highest BCUT2D eigenvalue weighted by molar-refractivity contribution is 6.01. The topological polar surface area (TPSA) is 99.7 Å². The maximum atomic E-state index is 12.8. The van der Waals surface area contributed by atoms with Gasteiger partial charge in [-0.05, 0) is 18.4 Å². The molecule has 3 heterocycles. The molecule has 2 aromatic rings. The molecule has 0 aliphatic carbocycles. The number of amides is 1. The smallest absolute Gasteiger partial charge is 0.321 e. The molecule has 0 unspecified atom stereocenters. The molecule has 8 nitrogen and oxygen atoms in total. The van der Waals surface area contributed by atoms with E-state index in [1.54, 1.807) is 6.07 Å². The molecule has 28 heavy (non-hydrogen) atoms. The van der Waals surface area contributed by atoms with E-state index >= 15 is 0 Å². The van der Waals surface area contributed by atoms with Gasteiger partial charge in [-0.25, -0.2) is 4.98 Å². The molecule has 1 N–H and O–H groups in total. The van der Waals surface area contributed by atoms with Gasteiger partial charge >= 0.3 is 6.18 Å². The Morgan fingerprint density at radius 2 is 2.18 bits per heavy atom. The van der Waals surface area contributed by atoms with Crippen molar-refractivity contribution in [2.24, 2.45) is 11.3 Å². The molecule has 0 bridgehead atoms. The second-order valence-corrected chi connectivity index (χ2v) is 6.85. The Hall–Kier alpha value is -3.16. The molecule has 1 amide bonds. The molecule has 1 aliphatic rings. The van der Waals surface area contributed by atoms with Crippen LogP contribution in [-0.2, 0) is 11.3 Å². The number of nitriles is 1. The van der Waals surface area contributed by atoms with Crippen molar-refractivity contribution in [2.45, 2.75) is 33.0 Å². The lowest BCUT2D eigenvalue weighted by Crippen LogP contribution is -2.37. The summed E-state index contributed by atoms with van der Waals surface area (Å²) in [7, 11) is 0. The number of rotatable bonds is 5. The van der Waals surface area contributed by atoms with E-state index in [2.05, 4.69) is 26.5 Å². The zero-order chi connectivity index (χ0) is 20.5. The fraction of sp³-hybridized carbons (Fsp3) is 0.471. The minimum Gasteiger partial charge on any atom is -0.321 e. The zero-order valence-electron chi connectivity index (χ0n) is 15.2. The van der Waals surface area contributed by atoms with Crippen LogP contribution in [0.3, 0.4) is 0 Å². The number of halogens is 3. The minimum atomic E-state index is -4.38. The molecule has 1 fully saturated rings. The SMILES string of the molecule is CC(C)[C@]1(C#N)CCN(c2ccnc(Nc3cnn(CC(F)(F)F)c3)n2)C1=O. The lowest BCUT2D eigenvalue weighted by atomic mass is 9.77. The van der Waals surface area contributed by atoms with Gasteiger partial charge < -0.3 is 5.32 Å². The van der Waals surface area contributed by atoms with Crippen molar-refractivity contribution >= 4 is 23.4 Å². The molecule has 1 aliphatic heterocycles. The number of carbonyl (C=O) groups excluding carboxylic acids is 1. The van der Waals surface area contributed by atoms with Crippen molar-refractivity contribution in [3.8, 4) is 6.07 Å². The van der Waals surface area contributed by atoms with Gasteiger partial charge in [0.05, 0.1) is 18.0 Å². The number of nitrogens with zero attached hydrogens (tertiary/aromatic N) is 6. The molecule has 11 heteroatoms. The number of hydrogen-bond acceptors (Lipinski definition) is 6. The highest BCUT2D eigenvalue weighted by atomic mass is 19.4. The molecule has 2 aromatic heterocycles. The summed E-state index contributed by atoms with van der Waals surface area (Å²) in [5, 5.41) is 15.9. The van der Waals surface area contributed by atoms with Crippen LogP contribution in [-0.4, -0.2) is 38.4 Å².